The second kappa shape index (κ2) is 4.51. The molecule has 1 heterocycles. The van der Waals surface area contributed by atoms with E-state index in [2.05, 4.69) is 9.97 Å². The fraction of sp³-hybridized carbons (Fsp3) is 0.0833. The van der Waals surface area contributed by atoms with Crippen molar-refractivity contribution in [1.29, 1.82) is 0 Å². The van der Waals surface area contributed by atoms with Gasteiger partial charge in [-0.15, -0.1) is 0 Å². The number of hydrogen-bond donors (Lipinski definition) is 1. The molecule has 0 aliphatic rings. The van der Waals surface area contributed by atoms with Gasteiger partial charge in [0.15, 0.2) is 5.69 Å². The van der Waals surface area contributed by atoms with Gasteiger partial charge in [0, 0.05) is 22.3 Å². The molecule has 0 saturated heterocycles. The molecule has 0 saturated carbocycles. The van der Waals surface area contributed by atoms with Gasteiger partial charge in [-0.25, -0.2) is 14.8 Å². The summed E-state index contributed by atoms with van der Waals surface area (Å²) < 4.78 is 0. The Hall–Kier alpha value is -1.94. The van der Waals surface area contributed by atoms with Crippen molar-refractivity contribution in [2.75, 3.05) is 0 Å². The second-order valence-electron chi connectivity index (χ2n) is 3.46. The van der Waals surface area contributed by atoms with E-state index in [4.69, 9.17) is 16.7 Å². The maximum absolute atomic E-state index is 11.1. The lowest BCUT2D eigenvalue weighted by atomic mass is 10.1. The summed E-state index contributed by atoms with van der Waals surface area (Å²) >= 11 is 6.03. The van der Waals surface area contributed by atoms with E-state index in [0.717, 1.165) is 0 Å². The molecule has 86 valence electrons. The number of halogens is 1. The Balaban J connectivity index is 2.68. The highest BCUT2D eigenvalue weighted by Gasteiger charge is 2.16. The molecular weight excluding hydrogens is 240 g/mol. The number of aromatic nitrogens is 2. The molecule has 0 radical (unpaired) electrons. The zero-order valence-corrected chi connectivity index (χ0v) is 9.77. The number of carboxylic acid groups (broad SMARTS) is 1. The average Bonchev–Trinajstić information content (AvgIpc) is 2.30. The molecule has 17 heavy (non-hydrogen) atoms. The number of benzene rings is 1. The topological polar surface area (TPSA) is 63.1 Å². The molecule has 0 amide bonds. The van der Waals surface area contributed by atoms with E-state index in [0.29, 0.717) is 22.0 Å². The van der Waals surface area contributed by atoms with Crippen LogP contribution in [0.5, 0.6) is 0 Å². The maximum Gasteiger partial charge on any atom is 0.355 e. The predicted molar refractivity (Wildman–Crippen MR) is 64.2 cm³/mol. The number of aryl methyl sites for hydroxylation is 1. The summed E-state index contributed by atoms with van der Waals surface area (Å²) in [7, 11) is 0. The Bertz CT molecular complexity index is 584. The fourth-order valence-electron chi connectivity index (χ4n) is 1.51. The molecule has 1 N–H and O–H groups in total. The van der Waals surface area contributed by atoms with Crippen LogP contribution in [0, 0.1) is 6.92 Å². The van der Waals surface area contributed by atoms with Gasteiger partial charge in [0.1, 0.15) is 5.82 Å². The quantitative estimate of drug-likeness (QED) is 0.888. The SMILES string of the molecule is Cc1ncc(-c2ccccc2Cl)c(C(=O)O)n1. The van der Waals surface area contributed by atoms with Crippen LogP contribution in [0.3, 0.4) is 0 Å². The maximum atomic E-state index is 11.1. The molecule has 0 atom stereocenters. The Morgan fingerprint density at radius 1 is 1.29 bits per heavy atom. The Morgan fingerprint density at radius 3 is 2.65 bits per heavy atom. The summed E-state index contributed by atoms with van der Waals surface area (Å²) in [6.45, 7) is 1.64. The van der Waals surface area contributed by atoms with Crippen LogP contribution in [0.25, 0.3) is 11.1 Å². The van der Waals surface area contributed by atoms with Crippen LogP contribution in [-0.2, 0) is 0 Å². The molecule has 5 heteroatoms. The molecule has 0 unspecified atom stereocenters. The summed E-state index contributed by atoms with van der Waals surface area (Å²) in [5.74, 6) is -0.677. The van der Waals surface area contributed by atoms with Crippen LogP contribution in [0.4, 0.5) is 0 Å². The fourth-order valence-corrected chi connectivity index (χ4v) is 1.75. The van der Waals surface area contributed by atoms with Gasteiger partial charge in [-0.05, 0) is 13.0 Å². The summed E-state index contributed by atoms with van der Waals surface area (Å²) in [6, 6.07) is 7.00. The first-order chi connectivity index (χ1) is 8.09. The van der Waals surface area contributed by atoms with E-state index in [1.165, 1.54) is 6.20 Å². The number of aromatic carboxylic acids is 1. The third kappa shape index (κ3) is 2.26. The zero-order chi connectivity index (χ0) is 12.4. The smallest absolute Gasteiger partial charge is 0.355 e. The van der Waals surface area contributed by atoms with E-state index in [1.807, 2.05) is 0 Å². The van der Waals surface area contributed by atoms with Crippen molar-refractivity contribution in [2.45, 2.75) is 6.92 Å². The lowest BCUT2D eigenvalue weighted by Crippen LogP contribution is -2.06. The van der Waals surface area contributed by atoms with E-state index in [-0.39, 0.29) is 5.69 Å². The molecule has 0 aliphatic carbocycles. The van der Waals surface area contributed by atoms with Crippen LogP contribution < -0.4 is 0 Å². The van der Waals surface area contributed by atoms with Crippen LogP contribution in [-0.4, -0.2) is 21.0 Å². The second-order valence-corrected chi connectivity index (χ2v) is 3.87. The first-order valence-corrected chi connectivity index (χ1v) is 5.29. The minimum Gasteiger partial charge on any atom is -0.476 e. The molecule has 0 bridgehead atoms. The van der Waals surface area contributed by atoms with Gasteiger partial charge in [-0.1, -0.05) is 29.8 Å². The Kier molecular flexibility index (Phi) is 3.06. The summed E-state index contributed by atoms with van der Waals surface area (Å²) in [5.41, 5.74) is 1.01. The highest BCUT2D eigenvalue weighted by Crippen LogP contribution is 2.28. The lowest BCUT2D eigenvalue weighted by molar-refractivity contribution is 0.0691. The van der Waals surface area contributed by atoms with Crippen LogP contribution in [0.1, 0.15) is 16.3 Å². The number of carboxylic acids is 1. The average molecular weight is 249 g/mol. The van der Waals surface area contributed by atoms with Crippen LogP contribution >= 0.6 is 11.6 Å². The molecule has 0 fully saturated rings. The largest absolute Gasteiger partial charge is 0.476 e. The molecule has 0 aliphatic heterocycles. The van der Waals surface area contributed by atoms with E-state index in [9.17, 15) is 4.79 Å². The highest BCUT2D eigenvalue weighted by molar-refractivity contribution is 6.33. The first kappa shape index (κ1) is 11.5. The van der Waals surface area contributed by atoms with Gasteiger partial charge in [0.05, 0.1) is 0 Å². The van der Waals surface area contributed by atoms with Gasteiger partial charge in [-0.3, -0.25) is 0 Å². The minimum atomic E-state index is -1.09. The highest BCUT2D eigenvalue weighted by atomic mass is 35.5. The van der Waals surface area contributed by atoms with Crippen molar-refractivity contribution in [3.05, 3.63) is 47.0 Å². The molecular formula is C12H9ClN2O2. The van der Waals surface area contributed by atoms with Gasteiger partial charge < -0.3 is 5.11 Å². The number of carbonyl (C=O) groups is 1. The molecule has 2 aromatic rings. The number of hydrogen-bond acceptors (Lipinski definition) is 3. The van der Waals surface area contributed by atoms with E-state index in [1.54, 1.807) is 31.2 Å². The first-order valence-electron chi connectivity index (χ1n) is 4.91. The van der Waals surface area contributed by atoms with Crippen molar-refractivity contribution in [2.24, 2.45) is 0 Å². The minimum absolute atomic E-state index is 0.0365. The van der Waals surface area contributed by atoms with E-state index < -0.39 is 5.97 Å². The van der Waals surface area contributed by atoms with Crippen molar-refractivity contribution >= 4 is 17.6 Å². The molecule has 2 rings (SSSR count). The van der Waals surface area contributed by atoms with Gasteiger partial charge in [0.25, 0.3) is 0 Å². The molecule has 0 spiro atoms. The molecule has 1 aromatic carbocycles. The normalized spacial score (nSPS) is 10.2. The number of rotatable bonds is 2. The summed E-state index contributed by atoms with van der Waals surface area (Å²) in [5, 5.41) is 9.58. The standard InChI is InChI=1S/C12H9ClN2O2/c1-7-14-6-9(11(15-7)12(16)17)8-4-2-3-5-10(8)13/h2-6H,1H3,(H,16,17). The Morgan fingerprint density at radius 2 is 2.00 bits per heavy atom. The molecule has 1 aromatic heterocycles. The van der Waals surface area contributed by atoms with Crippen molar-refractivity contribution in [3.8, 4) is 11.1 Å². The predicted octanol–water partition coefficient (Wildman–Crippen LogP) is 2.80. The van der Waals surface area contributed by atoms with Crippen LogP contribution in [0.15, 0.2) is 30.5 Å². The zero-order valence-electron chi connectivity index (χ0n) is 9.01. The summed E-state index contributed by atoms with van der Waals surface area (Å²) in [4.78, 5) is 19.1. The molecule has 4 nitrogen and oxygen atoms in total. The third-order valence-corrected chi connectivity index (χ3v) is 2.61. The third-order valence-electron chi connectivity index (χ3n) is 2.28. The summed E-state index contributed by atoms with van der Waals surface area (Å²) in [6.07, 6.45) is 1.48. The number of nitrogens with zero attached hydrogens (tertiary/aromatic N) is 2. The Labute approximate surface area is 103 Å². The van der Waals surface area contributed by atoms with Gasteiger partial charge >= 0.3 is 5.97 Å². The van der Waals surface area contributed by atoms with Crippen LogP contribution in [0.2, 0.25) is 5.02 Å². The van der Waals surface area contributed by atoms with Crippen molar-refractivity contribution in [3.63, 3.8) is 0 Å². The van der Waals surface area contributed by atoms with Gasteiger partial charge in [0.2, 0.25) is 0 Å². The van der Waals surface area contributed by atoms with Crippen molar-refractivity contribution in [1.82, 2.24) is 9.97 Å². The van der Waals surface area contributed by atoms with Gasteiger partial charge in [-0.2, -0.15) is 0 Å². The van der Waals surface area contributed by atoms with E-state index >= 15 is 0 Å². The monoisotopic (exact) mass is 248 g/mol. The lowest BCUT2D eigenvalue weighted by Gasteiger charge is -2.07. The van der Waals surface area contributed by atoms with Crippen molar-refractivity contribution < 1.29 is 9.90 Å².